The summed E-state index contributed by atoms with van der Waals surface area (Å²) in [5.74, 6) is -2.02. The Balaban J connectivity index is 2.00. The second-order valence-electron chi connectivity index (χ2n) is 3.99. The maximum absolute atomic E-state index is 13.4. The highest BCUT2D eigenvalue weighted by atomic mass is 32.2. The first-order valence-electron chi connectivity index (χ1n) is 5.92. The summed E-state index contributed by atoms with van der Waals surface area (Å²) in [6, 6.07) is 7.41. The van der Waals surface area contributed by atoms with E-state index in [2.05, 4.69) is 10.3 Å². The molecule has 0 fully saturated rings. The van der Waals surface area contributed by atoms with Crippen LogP contribution < -0.4 is 5.32 Å². The molecule has 0 saturated heterocycles. The number of pyridine rings is 1. The Morgan fingerprint density at radius 1 is 1.29 bits per heavy atom. The summed E-state index contributed by atoms with van der Waals surface area (Å²) in [4.78, 5) is 26.9. The van der Waals surface area contributed by atoms with Crippen LogP contribution in [0.2, 0.25) is 0 Å². The van der Waals surface area contributed by atoms with Crippen molar-refractivity contribution in [1.29, 1.82) is 0 Å². The lowest BCUT2D eigenvalue weighted by atomic mass is 10.2. The van der Waals surface area contributed by atoms with E-state index in [4.69, 9.17) is 5.11 Å². The van der Waals surface area contributed by atoms with Gasteiger partial charge in [-0.1, -0.05) is 12.1 Å². The highest BCUT2D eigenvalue weighted by Gasteiger charge is 2.13. The highest BCUT2D eigenvalue weighted by Crippen LogP contribution is 2.21. The third kappa shape index (κ3) is 4.03. The van der Waals surface area contributed by atoms with Crippen molar-refractivity contribution >= 4 is 29.3 Å². The second-order valence-corrected chi connectivity index (χ2v) is 5.01. The standard InChI is InChI=1S/C14H11FN2O3S/c15-10-3-1-2-4-12(10)21-8-13(18)17-11-7-16-6-5-9(11)14(19)20/h1-7H,8H2,(H,17,18)(H,19,20). The van der Waals surface area contributed by atoms with Gasteiger partial charge in [0.25, 0.3) is 0 Å². The van der Waals surface area contributed by atoms with E-state index < -0.39 is 17.7 Å². The van der Waals surface area contributed by atoms with Gasteiger partial charge in [-0.2, -0.15) is 0 Å². The summed E-state index contributed by atoms with van der Waals surface area (Å²) in [5, 5.41) is 11.4. The molecule has 21 heavy (non-hydrogen) atoms. The molecule has 0 bridgehead atoms. The van der Waals surface area contributed by atoms with Gasteiger partial charge in [0.05, 0.1) is 23.2 Å². The molecular formula is C14H11FN2O3S. The molecule has 0 unspecified atom stereocenters. The molecule has 0 aliphatic heterocycles. The lowest BCUT2D eigenvalue weighted by Crippen LogP contribution is -2.16. The van der Waals surface area contributed by atoms with Gasteiger partial charge in [-0.05, 0) is 18.2 Å². The Kier molecular flexibility index (Phi) is 4.89. The van der Waals surface area contributed by atoms with Gasteiger partial charge in [0.2, 0.25) is 5.91 Å². The van der Waals surface area contributed by atoms with Gasteiger partial charge in [-0.15, -0.1) is 11.8 Å². The number of carboxylic acid groups (broad SMARTS) is 1. The molecule has 5 nitrogen and oxygen atoms in total. The van der Waals surface area contributed by atoms with Crippen molar-refractivity contribution in [2.45, 2.75) is 4.90 Å². The number of hydrogen-bond donors (Lipinski definition) is 2. The number of aromatic nitrogens is 1. The maximum Gasteiger partial charge on any atom is 0.337 e. The number of nitrogens with zero attached hydrogens (tertiary/aromatic N) is 1. The lowest BCUT2D eigenvalue weighted by Gasteiger charge is -2.07. The fourth-order valence-electron chi connectivity index (χ4n) is 1.57. The number of carbonyl (C=O) groups is 2. The number of amides is 1. The van der Waals surface area contributed by atoms with E-state index in [1.807, 2.05) is 0 Å². The second kappa shape index (κ2) is 6.85. The first kappa shape index (κ1) is 15.0. The quantitative estimate of drug-likeness (QED) is 0.830. The molecule has 1 aromatic carbocycles. The van der Waals surface area contributed by atoms with Gasteiger partial charge in [-0.25, -0.2) is 9.18 Å². The van der Waals surface area contributed by atoms with Gasteiger partial charge in [0.15, 0.2) is 0 Å². The van der Waals surface area contributed by atoms with Gasteiger partial charge in [0.1, 0.15) is 5.82 Å². The number of aromatic carboxylic acids is 1. The number of nitrogens with one attached hydrogen (secondary N) is 1. The summed E-state index contributed by atoms with van der Waals surface area (Å²) < 4.78 is 13.4. The molecule has 7 heteroatoms. The summed E-state index contributed by atoms with van der Waals surface area (Å²) in [5.41, 5.74) is 0.0679. The summed E-state index contributed by atoms with van der Waals surface area (Å²) in [7, 11) is 0. The Bertz CT molecular complexity index is 679. The molecule has 2 rings (SSSR count). The van der Waals surface area contributed by atoms with E-state index in [1.54, 1.807) is 18.2 Å². The number of hydrogen-bond acceptors (Lipinski definition) is 4. The van der Waals surface area contributed by atoms with Crippen molar-refractivity contribution in [3.63, 3.8) is 0 Å². The third-order valence-electron chi connectivity index (χ3n) is 2.52. The van der Waals surface area contributed by atoms with Gasteiger partial charge >= 0.3 is 5.97 Å². The average molecular weight is 306 g/mol. The van der Waals surface area contributed by atoms with E-state index in [0.29, 0.717) is 4.90 Å². The van der Waals surface area contributed by atoms with Crippen molar-refractivity contribution in [3.05, 3.63) is 54.1 Å². The number of benzene rings is 1. The lowest BCUT2D eigenvalue weighted by molar-refractivity contribution is -0.113. The predicted molar refractivity (Wildman–Crippen MR) is 77.0 cm³/mol. The van der Waals surface area contributed by atoms with Crippen LogP contribution in [-0.2, 0) is 4.79 Å². The fourth-order valence-corrected chi connectivity index (χ4v) is 2.31. The Hall–Kier alpha value is -2.41. The highest BCUT2D eigenvalue weighted by molar-refractivity contribution is 8.00. The molecule has 108 valence electrons. The largest absolute Gasteiger partial charge is 0.478 e. The van der Waals surface area contributed by atoms with Crippen LogP contribution in [0, 0.1) is 5.82 Å². The van der Waals surface area contributed by atoms with Crippen molar-refractivity contribution < 1.29 is 19.1 Å². The Labute approximate surface area is 124 Å². The van der Waals surface area contributed by atoms with Gasteiger partial charge < -0.3 is 10.4 Å². The number of anilines is 1. The van der Waals surface area contributed by atoms with Crippen molar-refractivity contribution in [3.8, 4) is 0 Å². The topological polar surface area (TPSA) is 79.3 Å². The first-order chi connectivity index (χ1) is 10.1. The average Bonchev–Trinajstić information content (AvgIpc) is 2.47. The number of carbonyl (C=O) groups excluding carboxylic acids is 1. The van der Waals surface area contributed by atoms with Crippen LogP contribution >= 0.6 is 11.8 Å². The molecule has 0 radical (unpaired) electrons. The minimum absolute atomic E-state index is 0.0329. The van der Waals surface area contributed by atoms with Crippen LogP contribution in [0.1, 0.15) is 10.4 Å². The molecule has 0 spiro atoms. The number of carboxylic acids is 1. The predicted octanol–water partition coefficient (Wildman–Crippen LogP) is 2.65. The van der Waals surface area contributed by atoms with E-state index in [1.165, 1.54) is 24.5 Å². The van der Waals surface area contributed by atoms with Crippen LogP contribution in [0.4, 0.5) is 10.1 Å². The zero-order chi connectivity index (χ0) is 15.2. The van der Waals surface area contributed by atoms with Crippen molar-refractivity contribution in [1.82, 2.24) is 4.98 Å². The minimum atomic E-state index is -1.16. The monoisotopic (exact) mass is 306 g/mol. The Morgan fingerprint density at radius 2 is 2.05 bits per heavy atom. The van der Waals surface area contributed by atoms with Crippen LogP contribution in [-0.4, -0.2) is 27.7 Å². The van der Waals surface area contributed by atoms with Gasteiger partial charge in [-0.3, -0.25) is 9.78 Å². The van der Waals surface area contributed by atoms with Crippen molar-refractivity contribution in [2.75, 3.05) is 11.1 Å². The molecule has 0 aliphatic rings. The SMILES string of the molecule is O=C(CSc1ccccc1F)Nc1cnccc1C(=O)O. The molecule has 1 aromatic heterocycles. The molecule has 2 aromatic rings. The zero-order valence-electron chi connectivity index (χ0n) is 10.7. The molecule has 1 amide bonds. The Morgan fingerprint density at radius 3 is 2.76 bits per heavy atom. The molecule has 0 aliphatic carbocycles. The van der Waals surface area contributed by atoms with Crippen LogP contribution in [0.15, 0.2) is 47.6 Å². The maximum atomic E-state index is 13.4. The third-order valence-corrected chi connectivity index (χ3v) is 3.57. The minimum Gasteiger partial charge on any atom is -0.478 e. The zero-order valence-corrected chi connectivity index (χ0v) is 11.6. The summed E-state index contributed by atoms with van der Waals surface area (Å²) in [6.07, 6.45) is 2.59. The normalized spacial score (nSPS) is 10.1. The van der Waals surface area contributed by atoms with E-state index >= 15 is 0 Å². The number of halogens is 1. The number of rotatable bonds is 5. The van der Waals surface area contributed by atoms with E-state index in [9.17, 15) is 14.0 Å². The summed E-state index contributed by atoms with van der Waals surface area (Å²) in [6.45, 7) is 0. The molecule has 0 atom stereocenters. The van der Waals surface area contributed by atoms with Crippen molar-refractivity contribution in [2.24, 2.45) is 0 Å². The smallest absolute Gasteiger partial charge is 0.337 e. The molecule has 0 saturated carbocycles. The first-order valence-corrected chi connectivity index (χ1v) is 6.91. The molecule has 1 heterocycles. The summed E-state index contributed by atoms with van der Waals surface area (Å²) >= 11 is 1.03. The number of thioether (sulfide) groups is 1. The van der Waals surface area contributed by atoms with Gasteiger partial charge in [0, 0.05) is 11.1 Å². The van der Waals surface area contributed by atoms with E-state index in [0.717, 1.165) is 11.8 Å². The molecule has 2 N–H and O–H groups in total. The van der Waals surface area contributed by atoms with Crippen LogP contribution in [0.3, 0.4) is 0 Å². The van der Waals surface area contributed by atoms with Crippen LogP contribution in [0.5, 0.6) is 0 Å². The van der Waals surface area contributed by atoms with E-state index in [-0.39, 0.29) is 17.0 Å². The fraction of sp³-hybridized carbons (Fsp3) is 0.0714. The van der Waals surface area contributed by atoms with Crippen LogP contribution in [0.25, 0.3) is 0 Å². The molecular weight excluding hydrogens is 295 g/mol.